The van der Waals surface area contributed by atoms with E-state index >= 15 is 0 Å². The number of piperidine rings is 1. The average Bonchev–Trinajstić information content (AvgIpc) is 3.91. The van der Waals surface area contributed by atoms with Crippen LogP contribution in [-0.2, 0) is 23.0 Å². The number of nitrogens with zero attached hydrogens (tertiary/aromatic N) is 3. The second kappa shape index (κ2) is 14.3. The Labute approximate surface area is 291 Å². The molecule has 0 atom stereocenters. The maximum Gasteiger partial charge on any atom is 0.416 e. The van der Waals surface area contributed by atoms with Gasteiger partial charge in [-0.3, -0.25) is 14.6 Å². The Morgan fingerprint density at radius 1 is 0.980 bits per heavy atom. The zero-order valence-corrected chi connectivity index (χ0v) is 28.8. The first-order valence-electron chi connectivity index (χ1n) is 17.8. The summed E-state index contributed by atoms with van der Waals surface area (Å²) in [6.45, 7) is 9.96. The van der Waals surface area contributed by atoms with Crippen LogP contribution in [0.4, 0.5) is 13.2 Å². The standard InChI is InChI=1S/C40H45F3N4O3/c1-27(2)26-50-32-11-12-33-35(24-32)44-37(28-7-6-10-30(23-28)40(41,42)43)34(25-46-17-13-31(14-18-46)47-19-21-49-22-20-47)36(33)38(48)45-39(15-16-39)29-8-4-3-5-9-29/h3-12,23-24,27,31H,13-22,25-26H2,1-2H3,(H,45,48). The molecule has 50 heavy (non-hydrogen) atoms. The van der Waals surface area contributed by atoms with Gasteiger partial charge in [0, 0.05) is 48.3 Å². The molecule has 7 nitrogen and oxygen atoms in total. The predicted octanol–water partition coefficient (Wildman–Crippen LogP) is 7.67. The number of morpholine rings is 1. The van der Waals surface area contributed by atoms with Crippen LogP contribution in [0.15, 0.2) is 72.8 Å². The van der Waals surface area contributed by atoms with E-state index in [0.29, 0.717) is 64.1 Å². The molecule has 0 unspecified atom stereocenters. The molecule has 1 aromatic heterocycles. The molecule has 2 aliphatic heterocycles. The van der Waals surface area contributed by atoms with Gasteiger partial charge in [0.1, 0.15) is 5.75 Å². The number of pyridine rings is 1. The van der Waals surface area contributed by atoms with Crippen molar-refractivity contribution in [3.8, 4) is 17.0 Å². The van der Waals surface area contributed by atoms with E-state index in [9.17, 15) is 18.0 Å². The number of halogens is 3. The Kier molecular flexibility index (Phi) is 9.87. The van der Waals surface area contributed by atoms with E-state index in [1.54, 1.807) is 12.1 Å². The zero-order chi connectivity index (χ0) is 34.9. The Bertz CT molecular complexity index is 1810. The first kappa shape index (κ1) is 34.5. The van der Waals surface area contributed by atoms with Crippen molar-refractivity contribution in [2.75, 3.05) is 46.0 Å². The molecular formula is C40H45F3N4O3. The van der Waals surface area contributed by atoms with E-state index in [2.05, 4.69) is 29.0 Å². The second-order valence-corrected chi connectivity index (χ2v) is 14.3. The van der Waals surface area contributed by atoms with E-state index in [0.717, 1.165) is 82.8 Å². The third-order valence-corrected chi connectivity index (χ3v) is 10.3. The number of amides is 1. The molecular weight excluding hydrogens is 641 g/mol. The number of benzene rings is 3. The van der Waals surface area contributed by atoms with Gasteiger partial charge in [0.25, 0.3) is 5.91 Å². The van der Waals surface area contributed by atoms with Gasteiger partial charge < -0.3 is 14.8 Å². The molecule has 3 heterocycles. The van der Waals surface area contributed by atoms with Gasteiger partial charge in [-0.15, -0.1) is 0 Å². The van der Waals surface area contributed by atoms with Crippen molar-refractivity contribution < 1.29 is 27.4 Å². The molecule has 1 amide bonds. The van der Waals surface area contributed by atoms with E-state index in [1.165, 1.54) is 6.07 Å². The summed E-state index contributed by atoms with van der Waals surface area (Å²) in [4.78, 5) is 24.6. The number of likely N-dealkylation sites (tertiary alicyclic amines) is 1. The molecule has 0 spiro atoms. The molecule has 4 aromatic rings. The number of ether oxygens (including phenoxy) is 2. The highest BCUT2D eigenvalue weighted by Gasteiger charge is 2.46. The molecule has 7 rings (SSSR count). The quantitative estimate of drug-likeness (QED) is 0.185. The van der Waals surface area contributed by atoms with Crippen LogP contribution < -0.4 is 10.1 Å². The van der Waals surface area contributed by atoms with Crippen molar-refractivity contribution in [1.82, 2.24) is 20.1 Å². The monoisotopic (exact) mass is 686 g/mol. The minimum absolute atomic E-state index is 0.249. The molecule has 0 bridgehead atoms. The molecule has 1 N–H and O–H groups in total. The number of hydrogen-bond donors (Lipinski definition) is 1. The van der Waals surface area contributed by atoms with Crippen molar-refractivity contribution in [1.29, 1.82) is 0 Å². The maximum absolute atomic E-state index is 14.7. The minimum atomic E-state index is -4.53. The number of hydrogen-bond acceptors (Lipinski definition) is 6. The van der Waals surface area contributed by atoms with Crippen molar-refractivity contribution in [2.24, 2.45) is 5.92 Å². The normalized spacial score (nSPS) is 18.8. The lowest BCUT2D eigenvalue weighted by Gasteiger charge is -2.40. The highest BCUT2D eigenvalue weighted by Crippen LogP contribution is 2.46. The first-order chi connectivity index (χ1) is 24.1. The summed E-state index contributed by atoms with van der Waals surface area (Å²) >= 11 is 0. The van der Waals surface area contributed by atoms with E-state index in [-0.39, 0.29) is 5.91 Å². The Balaban J connectivity index is 1.33. The fraction of sp³-hybridized carbons (Fsp3) is 0.450. The molecule has 10 heteroatoms. The van der Waals surface area contributed by atoms with Gasteiger partial charge in [-0.05, 0) is 74.5 Å². The number of alkyl halides is 3. The van der Waals surface area contributed by atoms with Crippen LogP contribution in [0.3, 0.4) is 0 Å². The largest absolute Gasteiger partial charge is 0.493 e. The van der Waals surface area contributed by atoms with Crippen LogP contribution in [0.1, 0.15) is 66.6 Å². The van der Waals surface area contributed by atoms with Crippen molar-refractivity contribution in [3.05, 3.63) is 95.1 Å². The zero-order valence-electron chi connectivity index (χ0n) is 28.8. The summed E-state index contributed by atoms with van der Waals surface area (Å²) in [5.74, 6) is 0.644. The van der Waals surface area contributed by atoms with Crippen molar-refractivity contribution >= 4 is 16.8 Å². The Morgan fingerprint density at radius 2 is 1.72 bits per heavy atom. The topological polar surface area (TPSA) is 66.9 Å². The summed E-state index contributed by atoms with van der Waals surface area (Å²) in [6.07, 6.45) is -0.974. The summed E-state index contributed by atoms with van der Waals surface area (Å²) in [7, 11) is 0. The lowest BCUT2D eigenvalue weighted by molar-refractivity contribution is -0.137. The van der Waals surface area contributed by atoms with E-state index in [4.69, 9.17) is 14.5 Å². The Hall–Kier alpha value is -3.99. The number of fused-ring (bicyclic) bond motifs is 1. The molecule has 0 radical (unpaired) electrons. The fourth-order valence-corrected chi connectivity index (χ4v) is 7.39. The highest BCUT2D eigenvalue weighted by atomic mass is 19.4. The Morgan fingerprint density at radius 3 is 2.40 bits per heavy atom. The molecule has 3 fully saturated rings. The van der Waals surface area contributed by atoms with Gasteiger partial charge >= 0.3 is 6.18 Å². The molecule has 3 aliphatic rings. The fourth-order valence-electron chi connectivity index (χ4n) is 7.39. The predicted molar refractivity (Wildman–Crippen MR) is 188 cm³/mol. The summed E-state index contributed by atoms with van der Waals surface area (Å²) in [5.41, 5.74) is 2.10. The summed E-state index contributed by atoms with van der Waals surface area (Å²) < 4.78 is 53.7. The van der Waals surface area contributed by atoms with Gasteiger partial charge in [0.2, 0.25) is 0 Å². The van der Waals surface area contributed by atoms with Gasteiger partial charge in [0.05, 0.1) is 47.7 Å². The van der Waals surface area contributed by atoms with Crippen molar-refractivity contribution in [2.45, 2.75) is 63.8 Å². The number of aromatic nitrogens is 1. The second-order valence-electron chi connectivity index (χ2n) is 14.3. The van der Waals surface area contributed by atoms with Gasteiger partial charge in [-0.1, -0.05) is 56.3 Å². The van der Waals surface area contributed by atoms with Crippen LogP contribution in [0.2, 0.25) is 0 Å². The lowest BCUT2D eigenvalue weighted by Crippen LogP contribution is -2.48. The van der Waals surface area contributed by atoms with Crippen LogP contribution >= 0.6 is 0 Å². The van der Waals surface area contributed by atoms with Crippen LogP contribution in [0, 0.1) is 5.92 Å². The molecule has 3 aromatic carbocycles. The van der Waals surface area contributed by atoms with Gasteiger partial charge in [-0.2, -0.15) is 13.2 Å². The minimum Gasteiger partial charge on any atom is -0.493 e. The van der Waals surface area contributed by atoms with E-state index in [1.807, 2.05) is 42.5 Å². The number of rotatable bonds is 10. The third-order valence-electron chi connectivity index (χ3n) is 10.3. The number of carbonyl (C=O) groups is 1. The van der Waals surface area contributed by atoms with E-state index < -0.39 is 17.3 Å². The molecule has 264 valence electrons. The summed E-state index contributed by atoms with van der Waals surface area (Å²) in [6, 6.07) is 21.2. The third kappa shape index (κ3) is 7.53. The first-order valence-corrected chi connectivity index (χ1v) is 17.8. The number of nitrogens with one attached hydrogen (secondary N) is 1. The smallest absolute Gasteiger partial charge is 0.416 e. The molecule has 2 saturated heterocycles. The lowest BCUT2D eigenvalue weighted by atomic mass is 9.93. The average molecular weight is 687 g/mol. The molecule has 1 aliphatic carbocycles. The SMILES string of the molecule is CC(C)COc1ccc2c(C(=O)NC3(c4ccccc4)CC3)c(CN3CCC(N4CCOCC4)CC3)c(-c3cccc(C(F)(F)F)c3)nc2c1. The molecule has 1 saturated carbocycles. The highest BCUT2D eigenvalue weighted by molar-refractivity contribution is 6.09. The summed E-state index contributed by atoms with van der Waals surface area (Å²) in [5, 5.41) is 4.02. The van der Waals surface area contributed by atoms with Crippen LogP contribution in [-0.4, -0.2) is 72.7 Å². The number of carbonyl (C=O) groups excluding carboxylic acids is 1. The van der Waals surface area contributed by atoms with Gasteiger partial charge in [0.15, 0.2) is 0 Å². The van der Waals surface area contributed by atoms with Crippen LogP contribution in [0.25, 0.3) is 22.2 Å². The van der Waals surface area contributed by atoms with Crippen molar-refractivity contribution in [3.63, 3.8) is 0 Å². The van der Waals surface area contributed by atoms with Crippen LogP contribution in [0.5, 0.6) is 5.75 Å². The maximum atomic E-state index is 14.7. The van der Waals surface area contributed by atoms with Gasteiger partial charge in [-0.25, -0.2) is 4.98 Å².